The molecule has 6 heteroatoms. The summed E-state index contributed by atoms with van der Waals surface area (Å²) in [6.07, 6.45) is 0. The number of Topliss-reactive ketones (excluding diaryl/α,β-unsaturated/α-hetero) is 1. The molecule has 0 unspecified atom stereocenters. The van der Waals surface area contributed by atoms with E-state index in [0.29, 0.717) is 11.3 Å². The molecule has 0 aliphatic rings. The van der Waals surface area contributed by atoms with Gasteiger partial charge in [0, 0.05) is 12.1 Å². The van der Waals surface area contributed by atoms with Crippen LogP contribution in [0.1, 0.15) is 22.8 Å². The number of benzene rings is 2. The first-order chi connectivity index (χ1) is 9.90. The first-order valence-corrected chi connectivity index (χ1v) is 6.12. The van der Waals surface area contributed by atoms with Crippen molar-refractivity contribution in [1.29, 1.82) is 0 Å². The van der Waals surface area contributed by atoms with Crippen LogP contribution in [0.4, 0.5) is 10.1 Å². The monoisotopic (exact) mass is 289 g/mol. The lowest BCUT2D eigenvalue weighted by atomic mass is 10.1. The highest BCUT2D eigenvalue weighted by atomic mass is 19.1. The fraction of sp³-hybridized carbons (Fsp3) is 0.133. The van der Waals surface area contributed by atoms with Gasteiger partial charge in [-0.15, -0.1) is 0 Å². The molecule has 2 aromatic rings. The van der Waals surface area contributed by atoms with Gasteiger partial charge in [-0.25, -0.2) is 4.39 Å². The zero-order valence-corrected chi connectivity index (χ0v) is 11.4. The topological polar surface area (TPSA) is 69.4 Å². The van der Waals surface area contributed by atoms with Crippen LogP contribution < -0.4 is 4.74 Å². The Hall–Kier alpha value is -2.76. The normalized spacial score (nSPS) is 10.2. The minimum Gasteiger partial charge on any atom is -0.456 e. The fourth-order valence-electron chi connectivity index (χ4n) is 1.91. The molecule has 108 valence electrons. The van der Waals surface area contributed by atoms with Crippen LogP contribution in [0.5, 0.6) is 11.5 Å². The summed E-state index contributed by atoms with van der Waals surface area (Å²) in [5.74, 6) is -0.713. The molecule has 0 fully saturated rings. The van der Waals surface area contributed by atoms with Gasteiger partial charge in [0.05, 0.1) is 10.5 Å². The minimum absolute atomic E-state index is 0.0640. The molecule has 0 aliphatic heterocycles. The number of hydrogen-bond acceptors (Lipinski definition) is 4. The SMILES string of the molecule is CC(=O)c1c(F)cccc1Oc1ccc([N+](=O)[O-])cc1C. The molecule has 0 atom stereocenters. The Balaban J connectivity index is 2.42. The number of aryl methyl sites for hydroxylation is 1. The van der Waals surface area contributed by atoms with Crippen LogP contribution in [0, 0.1) is 22.9 Å². The Morgan fingerprint density at radius 3 is 2.52 bits per heavy atom. The first-order valence-electron chi connectivity index (χ1n) is 6.12. The van der Waals surface area contributed by atoms with Crippen molar-refractivity contribution in [2.75, 3.05) is 0 Å². The van der Waals surface area contributed by atoms with E-state index in [-0.39, 0.29) is 17.0 Å². The van der Waals surface area contributed by atoms with E-state index in [1.54, 1.807) is 6.92 Å². The number of non-ortho nitro benzene ring substituents is 1. The van der Waals surface area contributed by atoms with E-state index < -0.39 is 16.5 Å². The van der Waals surface area contributed by atoms with Crippen molar-refractivity contribution in [1.82, 2.24) is 0 Å². The number of rotatable bonds is 4. The largest absolute Gasteiger partial charge is 0.456 e. The van der Waals surface area contributed by atoms with Gasteiger partial charge in [-0.3, -0.25) is 14.9 Å². The molecule has 0 heterocycles. The number of hydrogen-bond donors (Lipinski definition) is 0. The number of halogens is 1. The van der Waals surface area contributed by atoms with Crippen molar-refractivity contribution >= 4 is 11.5 Å². The summed E-state index contributed by atoms with van der Waals surface area (Å²) in [5, 5.41) is 10.7. The highest BCUT2D eigenvalue weighted by molar-refractivity contribution is 5.97. The second kappa shape index (κ2) is 5.70. The molecule has 0 bridgehead atoms. The average molecular weight is 289 g/mol. The number of ketones is 1. The van der Waals surface area contributed by atoms with Crippen LogP contribution in [0.3, 0.4) is 0 Å². The number of nitro groups is 1. The smallest absolute Gasteiger partial charge is 0.269 e. The molecule has 5 nitrogen and oxygen atoms in total. The van der Waals surface area contributed by atoms with E-state index in [9.17, 15) is 19.3 Å². The van der Waals surface area contributed by atoms with Crippen LogP contribution in [-0.2, 0) is 0 Å². The van der Waals surface area contributed by atoms with Crippen LogP contribution in [0.25, 0.3) is 0 Å². The highest BCUT2D eigenvalue weighted by Gasteiger charge is 2.16. The van der Waals surface area contributed by atoms with Crippen molar-refractivity contribution < 1.29 is 18.8 Å². The highest BCUT2D eigenvalue weighted by Crippen LogP contribution is 2.31. The molecule has 0 saturated carbocycles. The Morgan fingerprint density at radius 1 is 1.24 bits per heavy atom. The molecule has 2 aromatic carbocycles. The van der Waals surface area contributed by atoms with Crippen LogP contribution in [0.15, 0.2) is 36.4 Å². The van der Waals surface area contributed by atoms with E-state index in [0.717, 1.165) is 0 Å². The van der Waals surface area contributed by atoms with Gasteiger partial charge in [-0.1, -0.05) is 6.07 Å². The number of nitrogens with zero attached hydrogens (tertiary/aromatic N) is 1. The maximum Gasteiger partial charge on any atom is 0.269 e. The molecule has 0 spiro atoms. The van der Waals surface area contributed by atoms with Crippen molar-refractivity contribution in [3.05, 3.63) is 63.5 Å². The molecular formula is C15H12FNO4. The van der Waals surface area contributed by atoms with Crippen LogP contribution in [0.2, 0.25) is 0 Å². The van der Waals surface area contributed by atoms with E-state index in [1.807, 2.05) is 0 Å². The number of carbonyl (C=O) groups is 1. The summed E-state index contributed by atoms with van der Waals surface area (Å²) >= 11 is 0. The minimum atomic E-state index is -0.667. The van der Waals surface area contributed by atoms with Crippen molar-refractivity contribution in [2.24, 2.45) is 0 Å². The van der Waals surface area contributed by atoms with Crippen LogP contribution in [-0.4, -0.2) is 10.7 Å². The molecule has 0 saturated heterocycles. The van der Waals surface area contributed by atoms with Gasteiger partial charge in [0.1, 0.15) is 17.3 Å². The van der Waals surface area contributed by atoms with Crippen molar-refractivity contribution in [2.45, 2.75) is 13.8 Å². The molecule has 0 amide bonds. The lowest BCUT2D eigenvalue weighted by molar-refractivity contribution is -0.384. The molecular weight excluding hydrogens is 277 g/mol. The lowest BCUT2D eigenvalue weighted by Crippen LogP contribution is -2.01. The van der Waals surface area contributed by atoms with Gasteiger partial charge < -0.3 is 4.74 Å². The Kier molecular flexibility index (Phi) is 3.98. The van der Waals surface area contributed by atoms with Gasteiger partial charge >= 0.3 is 0 Å². The molecule has 0 aromatic heterocycles. The Labute approximate surface area is 120 Å². The molecule has 2 rings (SSSR count). The van der Waals surface area contributed by atoms with E-state index in [1.165, 1.54) is 43.3 Å². The summed E-state index contributed by atoms with van der Waals surface area (Å²) in [6, 6.07) is 8.13. The quantitative estimate of drug-likeness (QED) is 0.484. The second-order valence-electron chi connectivity index (χ2n) is 4.48. The standard InChI is InChI=1S/C15H12FNO4/c1-9-8-11(17(19)20)6-7-13(9)21-14-5-3-4-12(16)15(14)10(2)18/h3-8H,1-2H3. The number of nitro benzene ring substituents is 1. The summed E-state index contributed by atoms with van der Waals surface area (Å²) < 4.78 is 19.2. The lowest BCUT2D eigenvalue weighted by Gasteiger charge is -2.11. The molecule has 0 radical (unpaired) electrons. The van der Waals surface area contributed by atoms with Gasteiger partial charge in [-0.05, 0) is 37.6 Å². The third-order valence-corrected chi connectivity index (χ3v) is 2.92. The summed E-state index contributed by atoms with van der Waals surface area (Å²) in [4.78, 5) is 21.7. The van der Waals surface area contributed by atoms with Gasteiger partial charge in [0.15, 0.2) is 5.78 Å². The van der Waals surface area contributed by atoms with E-state index >= 15 is 0 Å². The number of carbonyl (C=O) groups excluding carboxylic acids is 1. The third kappa shape index (κ3) is 3.05. The zero-order chi connectivity index (χ0) is 15.6. The zero-order valence-electron chi connectivity index (χ0n) is 11.4. The summed E-state index contributed by atoms with van der Waals surface area (Å²) in [5.41, 5.74) is 0.309. The van der Waals surface area contributed by atoms with Gasteiger partial charge in [0.2, 0.25) is 0 Å². The summed E-state index contributed by atoms with van der Waals surface area (Å²) in [7, 11) is 0. The maximum atomic E-state index is 13.7. The predicted octanol–water partition coefficient (Wildman–Crippen LogP) is 4.04. The second-order valence-corrected chi connectivity index (χ2v) is 4.48. The predicted molar refractivity (Wildman–Crippen MR) is 74.3 cm³/mol. The maximum absolute atomic E-state index is 13.7. The van der Waals surface area contributed by atoms with Crippen molar-refractivity contribution in [3.8, 4) is 11.5 Å². The van der Waals surface area contributed by atoms with E-state index in [2.05, 4.69) is 0 Å². The first kappa shape index (κ1) is 14.6. The van der Waals surface area contributed by atoms with Gasteiger partial charge in [-0.2, -0.15) is 0 Å². The van der Waals surface area contributed by atoms with Crippen LogP contribution >= 0.6 is 0 Å². The Bertz CT molecular complexity index is 728. The third-order valence-electron chi connectivity index (χ3n) is 2.92. The van der Waals surface area contributed by atoms with E-state index in [4.69, 9.17) is 4.74 Å². The van der Waals surface area contributed by atoms with Gasteiger partial charge in [0.25, 0.3) is 5.69 Å². The molecule has 0 N–H and O–H groups in total. The fourth-order valence-corrected chi connectivity index (χ4v) is 1.91. The average Bonchev–Trinajstić information content (AvgIpc) is 2.40. The van der Waals surface area contributed by atoms with Crippen molar-refractivity contribution in [3.63, 3.8) is 0 Å². The molecule has 21 heavy (non-hydrogen) atoms. The molecule has 0 aliphatic carbocycles. The number of ether oxygens (including phenoxy) is 1. The Morgan fingerprint density at radius 2 is 1.95 bits per heavy atom. The summed E-state index contributed by atoms with van der Waals surface area (Å²) in [6.45, 7) is 2.88.